The summed E-state index contributed by atoms with van der Waals surface area (Å²) in [4.78, 5) is 30.5. The standard InChI is InChI=1S/C24H31N3O3S2/c1-16-6-10-20(11-7-16)27(14-17-8-9-18-4-2-3-5-19(18)12-17)24(30)26-23-25-13-22(32-23)31-15-21(28)29/h2-5,13,16-17,20H,6-12,14-15H2,1H3,(H,28,29)(H,25,26,30)/t16-,17?,20-. The number of thiazole rings is 1. The Balaban J connectivity index is 1.43. The number of fused-ring (bicyclic) bond motifs is 1. The summed E-state index contributed by atoms with van der Waals surface area (Å²) in [6, 6.07) is 8.85. The minimum absolute atomic E-state index is 0.00881. The second kappa shape index (κ2) is 10.7. The van der Waals surface area contributed by atoms with Crippen molar-refractivity contribution in [1.82, 2.24) is 9.88 Å². The third kappa shape index (κ3) is 6.04. The Bertz CT molecular complexity index is 940. The zero-order chi connectivity index (χ0) is 22.5. The van der Waals surface area contributed by atoms with E-state index in [0.717, 1.165) is 61.6 Å². The maximum Gasteiger partial charge on any atom is 0.323 e. The van der Waals surface area contributed by atoms with Crippen LogP contribution in [0.1, 0.15) is 50.2 Å². The Kier molecular flexibility index (Phi) is 7.73. The molecule has 4 rings (SSSR count). The molecule has 0 radical (unpaired) electrons. The van der Waals surface area contributed by atoms with E-state index in [1.165, 1.54) is 34.2 Å². The molecule has 6 nitrogen and oxygen atoms in total. The molecule has 1 atom stereocenters. The van der Waals surface area contributed by atoms with Crippen LogP contribution in [0.3, 0.4) is 0 Å². The van der Waals surface area contributed by atoms with Crippen LogP contribution < -0.4 is 5.32 Å². The quantitative estimate of drug-likeness (QED) is 0.516. The summed E-state index contributed by atoms with van der Waals surface area (Å²) in [7, 11) is 0. The first kappa shape index (κ1) is 23.1. The van der Waals surface area contributed by atoms with Crippen molar-refractivity contribution in [2.45, 2.75) is 62.1 Å². The number of aryl methyl sites for hydroxylation is 1. The van der Waals surface area contributed by atoms with Crippen LogP contribution in [-0.4, -0.2) is 45.3 Å². The Labute approximate surface area is 197 Å². The number of carbonyl (C=O) groups excluding carboxylic acids is 1. The van der Waals surface area contributed by atoms with Crippen molar-refractivity contribution in [3.05, 3.63) is 41.6 Å². The van der Waals surface area contributed by atoms with Gasteiger partial charge in [-0.15, -0.1) is 11.8 Å². The third-order valence-electron chi connectivity index (χ3n) is 6.63. The van der Waals surface area contributed by atoms with Crippen LogP contribution in [0.2, 0.25) is 0 Å². The van der Waals surface area contributed by atoms with Gasteiger partial charge in [0.1, 0.15) is 0 Å². The van der Waals surface area contributed by atoms with Gasteiger partial charge in [-0.3, -0.25) is 10.1 Å². The van der Waals surface area contributed by atoms with E-state index in [0.29, 0.717) is 11.0 Å². The molecule has 2 aliphatic carbocycles. The molecular weight excluding hydrogens is 442 g/mol. The number of carboxylic acids is 1. The normalized spacial score (nSPS) is 22.7. The Morgan fingerprint density at radius 2 is 1.94 bits per heavy atom. The van der Waals surface area contributed by atoms with Crippen LogP contribution in [0.4, 0.5) is 9.93 Å². The van der Waals surface area contributed by atoms with Gasteiger partial charge in [0.25, 0.3) is 0 Å². The van der Waals surface area contributed by atoms with E-state index in [1.54, 1.807) is 6.20 Å². The zero-order valence-corrected chi connectivity index (χ0v) is 20.1. The highest BCUT2D eigenvalue weighted by Gasteiger charge is 2.31. The van der Waals surface area contributed by atoms with Gasteiger partial charge < -0.3 is 10.0 Å². The van der Waals surface area contributed by atoms with E-state index in [9.17, 15) is 9.59 Å². The van der Waals surface area contributed by atoms with Crippen LogP contribution in [0, 0.1) is 11.8 Å². The van der Waals surface area contributed by atoms with Gasteiger partial charge in [0.05, 0.1) is 16.2 Å². The number of carboxylic acid groups (broad SMARTS) is 1. The Morgan fingerprint density at radius 3 is 2.69 bits per heavy atom. The number of thioether (sulfide) groups is 1. The maximum atomic E-state index is 13.4. The first-order valence-electron chi connectivity index (χ1n) is 11.4. The first-order valence-corrected chi connectivity index (χ1v) is 13.2. The lowest BCUT2D eigenvalue weighted by atomic mass is 9.82. The third-order valence-corrected chi connectivity index (χ3v) is 8.72. The minimum Gasteiger partial charge on any atom is -0.481 e. The summed E-state index contributed by atoms with van der Waals surface area (Å²) < 4.78 is 0.796. The summed E-state index contributed by atoms with van der Waals surface area (Å²) in [5, 5.41) is 12.4. The summed E-state index contributed by atoms with van der Waals surface area (Å²) in [5.41, 5.74) is 2.86. The number of urea groups is 1. The number of amides is 2. The van der Waals surface area contributed by atoms with E-state index >= 15 is 0 Å². The topological polar surface area (TPSA) is 82.5 Å². The van der Waals surface area contributed by atoms with Crippen molar-refractivity contribution < 1.29 is 14.7 Å². The van der Waals surface area contributed by atoms with E-state index in [2.05, 4.69) is 46.4 Å². The fourth-order valence-electron chi connectivity index (χ4n) is 4.84. The minimum atomic E-state index is -0.860. The van der Waals surface area contributed by atoms with Crippen molar-refractivity contribution in [2.75, 3.05) is 17.6 Å². The lowest BCUT2D eigenvalue weighted by Gasteiger charge is -2.39. The highest BCUT2D eigenvalue weighted by atomic mass is 32.2. The van der Waals surface area contributed by atoms with Gasteiger partial charge in [-0.05, 0) is 67.9 Å². The van der Waals surface area contributed by atoms with Crippen molar-refractivity contribution in [1.29, 1.82) is 0 Å². The van der Waals surface area contributed by atoms with Crippen LogP contribution in [0.15, 0.2) is 34.7 Å². The highest BCUT2D eigenvalue weighted by molar-refractivity contribution is 8.01. The fourth-order valence-corrected chi connectivity index (χ4v) is 6.42. The molecule has 2 aromatic rings. The Hall–Kier alpha value is -2.06. The predicted molar refractivity (Wildman–Crippen MR) is 130 cm³/mol. The highest BCUT2D eigenvalue weighted by Crippen LogP contribution is 2.32. The molecule has 8 heteroatoms. The molecule has 1 aromatic carbocycles. The molecule has 2 N–H and O–H groups in total. The molecule has 0 aliphatic heterocycles. The average Bonchev–Trinajstić information content (AvgIpc) is 3.24. The van der Waals surface area contributed by atoms with E-state index in [1.807, 2.05) is 0 Å². The molecule has 1 fully saturated rings. The molecule has 0 saturated heterocycles. The molecule has 0 bridgehead atoms. The van der Waals surface area contributed by atoms with Gasteiger partial charge >= 0.3 is 12.0 Å². The van der Waals surface area contributed by atoms with Crippen LogP contribution >= 0.6 is 23.1 Å². The largest absolute Gasteiger partial charge is 0.481 e. The zero-order valence-electron chi connectivity index (χ0n) is 18.5. The number of hydrogen-bond acceptors (Lipinski definition) is 5. The molecule has 2 amide bonds. The molecule has 1 saturated carbocycles. The smallest absolute Gasteiger partial charge is 0.323 e. The molecule has 172 valence electrons. The fraction of sp³-hybridized carbons (Fsp3) is 0.542. The number of carbonyl (C=O) groups is 2. The first-order chi connectivity index (χ1) is 15.5. The number of aromatic nitrogens is 1. The van der Waals surface area contributed by atoms with E-state index in [4.69, 9.17) is 5.11 Å². The number of nitrogens with one attached hydrogen (secondary N) is 1. The number of nitrogens with zero attached hydrogens (tertiary/aromatic N) is 2. The number of anilines is 1. The van der Waals surface area contributed by atoms with Crippen LogP contribution in [-0.2, 0) is 17.6 Å². The monoisotopic (exact) mass is 473 g/mol. The van der Waals surface area contributed by atoms with Gasteiger partial charge in [-0.25, -0.2) is 9.78 Å². The molecular formula is C24H31N3O3S2. The number of aliphatic carboxylic acids is 1. The van der Waals surface area contributed by atoms with Gasteiger partial charge in [-0.1, -0.05) is 42.5 Å². The second-order valence-electron chi connectivity index (χ2n) is 9.04. The molecule has 0 spiro atoms. The molecule has 32 heavy (non-hydrogen) atoms. The number of hydrogen-bond donors (Lipinski definition) is 2. The van der Waals surface area contributed by atoms with E-state index in [-0.39, 0.29) is 17.8 Å². The lowest BCUT2D eigenvalue weighted by Crippen LogP contribution is -2.47. The predicted octanol–water partition coefficient (Wildman–Crippen LogP) is 5.54. The SMILES string of the molecule is C[C@H]1CC[C@H](N(CC2CCc3ccccc3C2)C(=O)Nc2ncc(SCC(=O)O)s2)CC1. The summed E-state index contributed by atoms with van der Waals surface area (Å²) in [6.07, 6.45) is 9.27. The van der Waals surface area contributed by atoms with Crippen LogP contribution in [0.25, 0.3) is 0 Å². The number of rotatable bonds is 7. The van der Waals surface area contributed by atoms with Crippen molar-refractivity contribution >= 4 is 40.2 Å². The lowest BCUT2D eigenvalue weighted by molar-refractivity contribution is -0.133. The van der Waals surface area contributed by atoms with Gasteiger partial charge in [0.2, 0.25) is 0 Å². The molecule has 2 aliphatic rings. The van der Waals surface area contributed by atoms with E-state index < -0.39 is 5.97 Å². The maximum absolute atomic E-state index is 13.4. The second-order valence-corrected chi connectivity index (χ2v) is 11.3. The average molecular weight is 474 g/mol. The van der Waals surface area contributed by atoms with Crippen LogP contribution in [0.5, 0.6) is 0 Å². The van der Waals surface area contributed by atoms with Crippen molar-refractivity contribution in [2.24, 2.45) is 11.8 Å². The summed E-state index contributed by atoms with van der Waals surface area (Å²) in [6.45, 7) is 3.07. The molecule has 1 aromatic heterocycles. The van der Waals surface area contributed by atoms with Gasteiger partial charge in [0, 0.05) is 12.6 Å². The Morgan fingerprint density at radius 1 is 1.19 bits per heavy atom. The summed E-state index contributed by atoms with van der Waals surface area (Å²) in [5.74, 6) is 0.324. The van der Waals surface area contributed by atoms with Crippen molar-refractivity contribution in [3.8, 4) is 0 Å². The van der Waals surface area contributed by atoms with Gasteiger partial charge in [0.15, 0.2) is 5.13 Å². The summed E-state index contributed by atoms with van der Waals surface area (Å²) >= 11 is 2.56. The van der Waals surface area contributed by atoms with Gasteiger partial charge in [-0.2, -0.15) is 0 Å². The number of benzene rings is 1. The molecule has 1 unspecified atom stereocenters. The molecule has 1 heterocycles. The van der Waals surface area contributed by atoms with Crippen molar-refractivity contribution in [3.63, 3.8) is 0 Å².